The first-order chi connectivity index (χ1) is 7.10. The Balaban J connectivity index is 2.65. The van der Waals surface area contributed by atoms with E-state index in [1.807, 2.05) is 7.05 Å². The van der Waals surface area contributed by atoms with Crippen LogP contribution in [0.4, 0.5) is 0 Å². The lowest BCUT2D eigenvalue weighted by Crippen LogP contribution is -2.18. The first kappa shape index (κ1) is 12.2. The fourth-order valence-corrected chi connectivity index (χ4v) is 1.82. The monoisotopic (exact) mass is 232 g/mol. The molecule has 0 aliphatic carbocycles. The molecule has 1 rings (SSSR count). The maximum absolute atomic E-state index is 11.4. The Morgan fingerprint density at radius 3 is 2.80 bits per heavy atom. The van der Waals surface area contributed by atoms with E-state index in [-0.39, 0.29) is 4.90 Å². The van der Waals surface area contributed by atoms with E-state index in [0.717, 1.165) is 13.0 Å². The first-order valence-electron chi connectivity index (χ1n) is 4.71. The van der Waals surface area contributed by atoms with Crippen LogP contribution < -0.4 is 10.0 Å². The Morgan fingerprint density at radius 2 is 2.20 bits per heavy atom. The van der Waals surface area contributed by atoms with Crippen LogP contribution in [0.15, 0.2) is 17.3 Å². The summed E-state index contributed by atoms with van der Waals surface area (Å²) in [6, 6.07) is 0. The van der Waals surface area contributed by atoms with Crippen molar-refractivity contribution in [1.29, 1.82) is 0 Å². The Bertz CT molecular complexity index is 399. The summed E-state index contributed by atoms with van der Waals surface area (Å²) >= 11 is 0. The zero-order chi connectivity index (χ0) is 11.3. The lowest BCUT2D eigenvalue weighted by atomic mass is 10.4. The maximum Gasteiger partial charge on any atom is 0.243 e. The number of nitrogens with zero attached hydrogens (tertiary/aromatic N) is 2. The van der Waals surface area contributed by atoms with Gasteiger partial charge in [0, 0.05) is 12.7 Å². The van der Waals surface area contributed by atoms with E-state index in [2.05, 4.69) is 15.1 Å². The number of aromatic nitrogens is 2. The summed E-state index contributed by atoms with van der Waals surface area (Å²) in [4.78, 5) is 0.203. The zero-order valence-corrected chi connectivity index (χ0v) is 9.71. The maximum atomic E-state index is 11.4. The van der Waals surface area contributed by atoms with Crippen LogP contribution in [-0.4, -0.2) is 38.8 Å². The van der Waals surface area contributed by atoms with E-state index in [0.29, 0.717) is 6.54 Å². The normalized spacial score (nSPS) is 11.9. The van der Waals surface area contributed by atoms with Crippen molar-refractivity contribution in [3.8, 4) is 0 Å². The topological polar surface area (TPSA) is 76.0 Å². The van der Waals surface area contributed by atoms with Gasteiger partial charge in [-0.15, -0.1) is 0 Å². The highest BCUT2D eigenvalue weighted by Gasteiger charge is 2.13. The largest absolute Gasteiger partial charge is 0.320 e. The van der Waals surface area contributed by atoms with Crippen molar-refractivity contribution in [2.24, 2.45) is 0 Å². The average molecular weight is 232 g/mol. The molecule has 0 amide bonds. The summed E-state index contributed by atoms with van der Waals surface area (Å²) in [5.41, 5.74) is 0. The van der Waals surface area contributed by atoms with E-state index < -0.39 is 10.0 Å². The highest BCUT2D eigenvalue weighted by atomic mass is 32.2. The summed E-state index contributed by atoms with van der Waals surface area (Å²) in [6.07, 6.45) is 3.80. The van der Waals surface area contributed by atoms with Gasteiger partial charge in [-0.05, 0) is 27.1 Å². The molecule has 0 unspecified atom stereocenters. The molecule has 1 aromatic heterocycles. The molecule has 0 fully saturated rings. The molecular formula is C8H16N4O2S. The van der Waals surface area contributed by atoms with E-state index in [1.54, 1.807) is 4.68 Å². The molecule has 6 nitrogen and oxygen atoms in total. The van der Waals surface area contributed by atoms with Crippen molar-refractivity contribution in [3.63, 3.8) is 0 Å². The van der Waals surface area contributed by atoms with Crippen molar-refractivity contribution in [1.82, 2.24) is 19.8 Å². The molecule has 2 N–H and O–H groups in total. The van der Waals surface area contributed by atoms with Crippen LogP contribution in [-0.2, 0) is 16.6 Å². The highest BCUT2D eigenvalue weighted by Crippen LogP contribution is 2.05. The van der Waals surface area contributed by atoms with Crippen LogP contribution in [0.5, 0.6) is 0 Å². The predicted molar refractivity (Wildman–Crippen MR) is 57.0 cm³/mol. The van der Waals surface area contributed by atoms with E-state index in [9.17, 15) is 8.42 Å². The number of hydrogen-bond donors (Lipinski definition) is 2. The minimum atomic E-state index is -3.36. The minimum Gasteiger partial charge on any atom is -0.320 e. The molecule has 0 aromatic carbocycles. The minimum absolute atomic E-state index is 0.203. The van der Waals surface area contributed by atoms with Crippen molar-refractivity contribution >= 4 is 10.0 Å². The molecule has 7 heteroatoms. The Labute approximate surface area is 89.7 Å². The van der Waals surface area contributed by atoms with Crippen LogP contribution in [0.3, 0.4) is 0 Å². The third-order valence-electron chi connectivity index (χ3n) is 2.00. The second-order valence-electron chi connectivity index (χ2n) is 3.10. The van der Waals surface area contributed by atoms with Gasteiger partial charge in [-0.3, -0.25) is 4.68 Å². The molecular weight excluding hydrogens is 216 g/mol. The summed E-state index contributed by atoms with van der Waals surface area (Å²) in [6.45, 7) is 1.59. The van der Waals surface area contributed by atoms with Gasteiger partial charge in [-0.1, -0.05) is 0 Å². The van der Waals surface area contributed by atoms with Crippen molar-refractivity contribution < 1.29 is 8.42 Å². The number of sulfonamides is 1. The lowest BCUT2D eigenvalue weighted by molar-refractivity contribution is 0.560. The van der Waals surface area contributed by atoms with Gasteiger partial charge in [0.25, 0.3) is 0 Å². The summed E-state index contributed by atoms with van der Waals surface area (Å²) < 4.78 is 26.6. The van der Waals surface area contributed by atoms with Gasteiger partial charge >= 0.3 is 0 Å². The molecule has 15 heavy (non-hydrogen) atoms. The third kappa shape index (κ3) is 3.29. The number of rotatable bonds is 6. The van der Waals surface area contributed by atoms with Crippen LogP contribution in [0.2, 0.25) is 0 Å². The first-order valence-corrected chi connectivity index (χ1v) is 6.19. The van der Waals surface area contributed by atoms with E-state index in [4.69, 9.17) is 0 Å². The summed E-state index contributed by atoms with van der Waals surface area (Å²) in [7, 11) is -0.0993. The molecule has 0 bridgehead atoms. The van der Waals surface area contributed by atoms with E-state index in [1.165, 1.54) is 19.4 Å². The zero-order valence-electron chi connectivity index (χ0n) is 8.90. The third-order valence-corrected chi connectivity index (χ3v) is 3.37. The van der Waals surface area contributed by atoms with Crippen LogP contribution in [0, 0.1) is 0 Å². The van der Waals surface area contributed by atoms with Crippen LogP contribution in [0.25, 0.3) is 0 Å². The molecule has 0 radical (unpaired) electrons. The summed E-state index contributed by atoms with van der Waals surface area (Å²) in [5, 5.41) is 6.99. The van der Waals surface area contributed by atoms with Gasteiger partial charge in [-0.2, -0.15) is 5.10 Å². The fraction of sp³-hybridized carbons (Fsp3) is 0.625. The van der Waals surface area contributed by atoms with Gasteiger partial charge in [0.2, 0.25) is 10.0 Å². The van der Waals surface area contributed by atoms with Crippen molar-refractivity contribution in [2.75, 3.05) is 20.6 Å². The highest BCUT2D eigenvalue weighted by molar-refractivity contribution is 7.89. The quantitative estimate of drug-likeness (QED) is 0.642. The Kier molecular flexibility index (Phi) is 4.25. The molecule has 0 spiro atoms. The molecule has 1 heterocycles. The number of hydrogen-bond acceptors (Lipinski definition) is 4. The average Bonchev–Trinajstić information content (AvgIpc) is 2.68. The lowest BCUT2D eigenvalue weighted by Gasteiger charge is -2.00. The van der Waals surface area contributed by atoms with Gasteiger partial charge < -0.3 is 5.32 Å². The van der Waals surface area contributed by atoms with Crippen LogP contribution >= 0.6 is 0 Å². The second-order valence-corrected chi connectivity index (χ2v) is 4.99. The molecule has 86 valence electrons. The SMILES string of the molecule is CNCCCn1cc(S(=O)(=O)NC)cn1. The smallest absolute Gasteiger partial charge is 0.243 e. The van der Waals surface area contributed by atoms with Gasteiger partial charge in [0.05, 0.1) is 6.20 Å². The standard InChI is InChI=1S/C8H16N4O2S/c1-9-4-3-5-12-7-8(6-11-12)15(13,14)10-2/h6-7,9-10H,3-5H2,1-2H3. The predicted octanol–water partition coefficient (Wildman–Crippen LogP) is -0.599. The van der Waals surface area contributed by atoms with Gasteiger partial charge in [-0.25, -0.2) is 13.1 Å². The number of nitrogens with one attached hydrogen (secondary N) is 2. The van der Waals surface area contributed by atoms with Gasteiger partial charge in [0.1, 0.15) is 4.90 Å². The molecule has 0 saturated heterocycles. The fourth-order valence-electron chi connectivity index (χ4n) is 1.14. The molecule has 0 atom stereocenters. The Morgan fingerprint density at radius 1 is 1.47 bits per heavy atom. The van der Waals surface area contributed by atoms with Crippen molar-refractivity contribution in [3.05, 3.63) is 12.4 Å². The van der Waals surface area contributed by atoms with Crippen LogP contribution in [0.1, 0.15) is 6.42 Å². The molecule has 0 aliphatic heterocycles. The molecule has 1 aromatic rings. The number of aryl methyl sites for hydroxylation is 1. The van der Waals surface area contributed by atoms with Gasteiger partial charge in [0.15, 0.2) is 0 Å². The molecule has 0 aliphatic rings. The van der Waals surface area contributed by atoms with E-state index >= 15 is 0 Å². The summed E-state index contributed by atoms with van der Waals surface area (Å²) in [5.74, 6) is 0. The molecule has 0 saturated carbocycles. The Hall–Kier alpha value is -0.920. The second kappa shape index (κ2) is 5.24. The van der Waals surface area contributed by atoms with Crippen molar-refractivity contribution in [2.45, 2.75) is 17.9 Å².